The van der Waals surface area contributed by atoms with Crippen molar-refractivity contribution in [2.45, 2.75) is 19.3 Å². The second kappa shape index (κ2) is 6.62. The molecule has 3 aromatic heterocycles. The number of nitrogens with zero attached hydrogens (tertiary/aromatic N) is 3. The number of aromatic nitrogens is 3. The van der Waals surface area contributed by atoms with E-state index in [0.717, 1.165) is 66.1 Å². The number of fused-ring (bicyclic) bond motifs is 2. The Balaban J connectivity index is 1.51. The molecular formula is C20H19ClN4O2. The largest absolute Gasteiger partial charge is 0.381 e. The van der Waals surface area contributed by atoms with Gasteiger partial charge in [-0.15, -0.1) is 0 Å². The third-order valence-corrected chi connectivity index (χ3v) is 5.73. The zero-order valence-electron chi connectivity index (χ0n) is 14.7. The molecule has 1 saturated heterocycles. The number of carbonyl (C=O) groups excluding carboxylic acids is 1. The van der Waals surface area contributed by atoms with E-state index < -0.39 is 0 Å². The van der Waals surface area contributed by atoms with E-state index in [2.05, 4.69) is 15.0 Å². The summed E-state index contributed by atoms with van der Waals surface area (Å²) >= 11 is 6.41. The summed E-state index contributed by atoms with van der Waals surface area (Å²) in [5.41, 5.74) is 4.19. The van der Waals surface area contributed by atoms with Gasteiger partial charge in [0.1, 0.15) is 10.8 Å². The second-order valence-corrected chi connectivity index (χ2v) is 7.53. The molecule has 0 saturated carbocycles. The summed E-state index contributed by atoms with van der Waals surface area (Å²) in [6.45, 7) is 2.27. The molecule has 1 N–H and O–H groups in total. The van der Waals surface area contributed by atoms with E-state index in [-0.39, 0.29) is 5.91 Å². The van der Waals surface area contributed by atoms with Gasteiger partial charge in [-0.05, 0) is 37.0 Å². The number of carbonyl (C=O) groups is 1. The van der Waals surface area contributed by atoms with Crippen LogP contribution < -0.4 is 4.90 Å². The number of hydrogen-bond donors (Lipinski definition) is 1. The summed E-state index contributed by atoms with van der Waals surface area (Å²) in [5.74, 6) is 0.588. The van der Waals surface area contributed by atoms with Gasteiger partial charge >= 0.3 is 0 Å². The molecule has 5 rings (SSSR count). The van der Waals surface area contributed by atoms with Crippen LogP contribution in [0, 0.1) is 5.92 Å². The Bertz CT molecular complexity index is 1030. The van der Waals surface area contributed by atoms with Gasteiger partial charge in [-0.3, -0.25) is 9.78 Å². The molecule has 138 valence electrons. The maximum atomic E-state index is 12.6. The van der Waals surface area contributed by atoms with Crippen LogP contribution in [0.1, 0.15) is 18.5 Å². The second-order valence-electron chi connectivity index (χ2n) is 7.17. The van der Waals surface area contributed by atoms with Crippen LogP contribution in [0.4, 0.5) is 5.69 Å². The number of anilines is 1. The average Bonchev–Trinajstić information content (AvgIpc) is 3.25. The van der Waals surface area contributed by atoms with Crippen LogP contribution in [0.5, 0.6) is 0 Å². The van der Waals surface area contributed by atoms with Gasteiger partial charge in [0.15, 0.2) is 0 Å². The first-order valence-corrected chi connectivity index (χ1v) is 9.58. The number of hydrogen-bond acceptors (Lipinski definition) is 4. The summed E-state index contributed by atoms with van der Waals surface area (Å²) in [6, 6.07) is 5.99. The van der Waals surface area contributed by atoms with E-state index in [1.54, 1.807) is 6.20 Å². The number of ether oxygens (including phenoxy) is 1. The SMILES string of the molecule is O=C1Cc2ncc(-c3cc4cc[nH]c4nc3Cl)cc2N1CC1CCOCC1. The van der Waals surface area contributed by atoms with E-state index in [4.69, 9.17) is 16.3 Å². The van der Waals surface area contributed by atoms with E-state index in [1.165, 1.54) is 0 Å². The number of nitrogens with one attached hydrogen (secondary N) is 1. The molecule has 0 atom stereocenters. The predicted octanol–water partition coefficient (Wildman–Crippen LogP) is 3.59. The molecule has 0 aliphatic carbocycles. The fourth-order valence-corrected chi connectivity index (χ4v) is 4.17. The zero-order chi connectivity index (χ0) is 18.4. The molecule has 7 heteroatoms. The first-order valence-electron chi connectivity index (χ1n) is 9.20. The first kappa shape index (κ1) is 16.7. The smallest absolute Gasteiger partial charge is 0.233 e. The summed E-state index contributed by atoms with van der Waals surface area (Å²) in [6.07, 6.45) is 5.97. The summed E-state index contributed by atoms with van der Waals surface area (Å²) in [7, 11) is 0. The van der Waals surface area contributed by atoms with E-state index in [0.29, 0.717) is 17.5 Å². The lowest BCUT2D eigenvalue weighted by Gasteiger charge is -2.27. The maximum Gasteiger partial charge on any atom is 0.233 e. The van der Waals surface area contributed by atoms with E-state index >= 15 is 0 Å². The van der Waals surface area contributed by atoms with Crippen molar-refractivity contribution < 1.29 is 9.53 Å². The van der Waals surface area contributed by atoms with Crippen LogP contribution in [0.15, 0.2) is 30.6 Å². The molecule has 6 nitrogen and oxygen atoms in total. The molecule has 0 aromatic carbocycles. The van der Waals surface area contributed by atoms with E-state index in [1.807, 2.05) is 29.3 Å². The molecule has 0 spiro atoms. The Hall–Kier alpha value is -2.44. The lowest BCUT2D eigenvalue weighted by Crippen LogP contribution is -2.34. The topological polar surface area (TPSA) is 71.1 Å². The monoisotopic (exact) mass is 382 g/mol. The van der Waals surface area contributed by atoms with Crippen LogP contribution >= 0.6 is 11.6 Å². The Kier molecular flexibility index (Phi) is 4.10. The quantitative estimate of drug-likeness (QED) is 0.702. The van der Waals surface area contributed by atoms with Crippen LogP contribution in [0.2, 0.25) is 5.15 Å². The van der Waals surface area contributed by atoms with Crippen molar-refractivity contribution in [1.82, 2.24) is 15.0 Å². The molecule has 3 aromatic rings. The third kappa shape index (κ3) is 2.99. The number of halogens is 1. The summed E-state index contributed by atoms with van der Waals surface area (Å²) in [5, 5.41) is 1.41. The predicted molar refractivity (Wildman–Crippen MR) is 104 cm³/mol. The van der Waals surface area contributed by atoms with Crippen molar-refractivity contribution >= 4 is 34.2 Å². The zero-order valence-corrected chi connectivity index (χ0v) is 15.5. The summed E-state index contributed by atoms with van der Waals surface area (Å²) in [4.78, 5) is 26.5. The number of pyridine rings is 2. The fourth-order valence-electron chi connectivity index (χ4n) is 3.92. The van der Waals surface area contributed by atoms with Crippen molar-refractivity contribution in [2.24, 2.45) is 5.92 Å². The Morgan fingerprint density at radius 1 is 1.30 bits per heavy atom. The van der Waals surface area contributed by atoms with Crippen molar-refractivity contribution in [1.29, 1.82) is 0 Å². The molecule has 1 fully saturated rings. The van der Waals surface area contributed by atoms with Crippen molar-refractivity contribution in [3.05, 3.63) is 41.4 Å². The average molecular weight is 383 g/mol. The Morgan fingerprint density at radius 3 is 3.00 bits per heavy atom. The van der Waals surface area contributed by atoms with Crippen LogP contribution in [-0.4, -0.2) is 40.6 Å². The van der Waals surface area contributed by atoms with Crippen molar-refractivity contribution in [3.8, 4) is 11.1 Å². The fraction of sp³-hybridized carbons (Fsp3) is 0.350. The molecule has 2 aliphatic rings. The minimum atomic E-state index is 0.117. The molecule has 27 heavy (non-hydrogen) atoms. The molecule has 5 heterocycles. The molecule has 0 bridgehead atoms. The van der Waals surface area contributed by atoms with Gasteiger partial charge in [0, 0.05) is 48.7 Å². The lowest BCUT2D eigenvalue weighted by molar-refractivity contribution is -0.117. The molecule has 1 amide bonds. The minimum Gasteiger partial charge on any atom is -0.381 e. The van der Waals surface area contributed by atoms with Crippen LogP contribution in [0.3, 0.4) is 0 Å². The number of amides is 1. The molecule has 0 radical (unpaired) electrons. The van der Waals surface area contributed by atoms with Gasteiger partial charge in [-0.25, -0.2) is 4.98 Å². The van der Waals surface area contributed by atoms with Gasteiger partial charge in [0.2, 0.25) is 5.91 Å². The maximum absolute atomic E-state index is 12.6. The lowest BCUT2D eigenvalue weighted by atomic mass is 9.99. The van der Waals surface area contributed by atoms with Gasteiger partial charge in [0.25, 0.3) is 0 Å². The van der Waals surface area contributed by atoms with Gasteiger partial charge in [-0.2, -0.15) is 0 Å². The van der Waals surface area contributed by atoms with Gasteiger partial charge < -0.3 is 14.6 Å². The van der Waals surface area contributed by atoms with Crippen LogP contribution in [0.25, 0.3) is 22.2 Å². The standard InChI is InChI=1S/C20H19ClN4O2/c21-19-15(7-13-1-4-22-20(13)24-19)14-8-17-16(23-10-14)9-18(26)25(17)11-12-2-5-27-6-3-12/h1,4,7-8,10,12H,2-3,5-6,9,11H2,(H,22,24). The van der Waals surface area contributed by atoms with Gasteiger partial charge in [-0.1, -0.05) is 11.6 Å². The highest BCUT2D eigenvalue weighted by Crippen LogP contribution is 2.36. The van der Waals surface area contributed by atoms with Gasteiger partial charge in [0.05, 0.1) is 17.8 Å². The Labute approximate surface area is 161 Å². The van der Waals surface area contributed by atoms with Crippen molar-refractivity contribution in [3.63, 3.8) is 0 Å². The molecule has 0 unspecified atom stereocenters. The first-order chi connectivity index (χ1) is 13.2. The van der Waals surface area contributed by atoms with E-state index in [9.17, 15) is 4.79 Å². The highest BCUT2D eigenvalue weighted by molar-refractivity contribution is 6.32. The van der Waals surface area contributed by atoms with Crippen LogP contribution in [-0.2, 0) is 16.0 Å². The Morgan fingerprint density at radius 2 is 2.15 bits per heavy atom. The molecular weight excluding hydrogens is 364 g/mol. The number of H-pyrrole nitrogens is 1. The highest BCUT2D eigenvalue weighted by Gasteiger charge is 2.31. The third-order valence-electron chi connectivity index (χ3n) is 5.44. The number of rotatable bonds is 3. The number of aromatic amines is 1. The highest BCUT2D eigenvalue weighted by atomic mass is 35.5. The summed E-state index contributed by atoms with van der Waals surface area (Å²) < 4.78 is 5.44. The van der Waals surface area contributed by atoms with Crippen molar-refractivity contribution in [2.75, 3.05) is 24.7 Å². The molecule has 2 aliphatic heterocycles. The minimum absolute atomic E-state index is 0.117. The normalized spacial score (nSPS) is 17.7.